The van der Waals surface area contributed by atoms with Gasteiger partial charge in [-0.1, -0.05) is 18.6 Å². The van der Waals surface area contributed by atoms with Gasteiger partial charge in [0.15, 0.2) is 11.6 Å². The summed E-state index contributed by atoms with van der Waals surface area (Å²) in [7, 11) is 0. The van der Waals surface area contributed by atoms with Crippen LogP contribution in [0.3, 0.4) is 0 Å². The number of hydrogen-bond donors (Lipinski definition) is 1. The van der Waals surface area contributed by atoms with E-state index in [0.717, 1.165) is 19.3 Å². The standard InChI is InChI=1S/C15H18F2O/c1-8-2-5-11(14(17)13(8)16)15(18)12-7-9-3-4-10(12)6-9/h2,5,9-10,12,15,18H,3-4,6-7H2,1H3. The Balaban J connectivity index is 1.89. The normalized spacial score (nSPS) is 31.9. The molecule has 4 atom stereocenters. The highest BCUT2D eigenvalue weighted by Gasteiger charge is 2.43. The summed E-state index contributed by atoms with van der Waals surface area (Å²) >= 11 is 0. The smallest absolute Gasteiger partial charge is 0.164 e. The average Bonchev–Trinajstić information content (AvgIpc) is 2.97. The van der Waals surface area contributed by atoms with Crippen LogP contribution in [0.2, 0.25) is 0 Å². The molecule has 0 heterocycles. The Morgan fingerprint density at radius 2 is 1.94 bits per heavy atom. The molecule has 2 saturated carbocycles. The van der Waals surface area contributed by atoms with Crippen LogP contribution in [-0.4, -0.2) is 5.11 Å². The molecule has 0 amide bonds. The van der Waals surface area contributed by atoms with Crippen LogP contribution in [0, 0.1) is 36.3 Å². The summed E-state index contributed by atoms with van der Waals surface area (Å²) in [5.41, 5.74) is 0.423. The molecule has 0 saturated heterocycles. The van der Waals surface area contributed by atoms with Gasteiger partial charge in [-0.25, -0.2) is 8.78 Å². The fourth-order valence-electron chi connectivity index (χ4n) is 3.80. The van der Waals surface area contributed by atoms with Gasteiger partial charge < -0.3 is 5.11 Å². The number of hydrogen-bond acceptors (Lipinski definition) is 1. The Labute approximate surface area is 106 Å². The molecule has 2 aliphatic carbocycles. The van der Waals surface area contributed by atoms with Crippen molar-refractivity contribution in [2.75, 3.05) is 0 Å². The highest BCUT2D eigenvalue weighted by molar-refractivity contribution is 5.27. The predicted molar refractivity (Wildman–Crippen MR) is 65.0 cm³/mol. The van der Waals surface area contributed by atoms with E-state index in [1.54, 1.807) is 6.07 Å². The molecule has 18 heavy (non-hydrogen) atoms. The Morgan fingerprint density at radius 3 is 2.56 bits per heavy atom. The van der Waals surface area contributed by atoms with Crippen LogP contribution in [0.1, 0.15) is 42.9 Å². The molecule has 3 rings (SSSR count). The molecule has 1 nitrogen and oxygen atoms in total. The van der Waals surface area contributed by atoms with E-state index in [2.05, 4.69) is 0 Å². The van der Waals surface area contributed by atoms with Crippen molar-refractivity contribution in [3.8, 4) is 0 Å². The maximum Gasteiger partial charge on any atom is 0.164 e. The van der Waals surface area contributed by atoms with Crippen LogP contribution < -0.4 is 0 Å². The number of halogens is 2. The average molecular weight is 252 g/mol. The molecule has 0 radical (unpaired) electrons. The Morgan fingerprint density at radius 1 is 1.17 bits per heavy atom. The fraction of sp³-hybridized carbons (Fsp3) is 0.600. The summed E-state index contributed by atoms with van der Waals surface area (Å²) in [6, 6.07) is 3.08. The Hall–Kier alpha value is -0.960. The number of aryl methyl sites for hydroxylation is 1. The molecule has 2 fully saturated rings. The van der Waals surface area contributed by atoms with Crippen molar-refractivity contribution < 1.29 is 13.9 Å². The highest BCUT2D eigenvalue weighted by Crippen LogP contribution is 2.52. The maximum atomic E-state index is 13.9. The predicted octanol–water partition coefficient (Wildman–Crippen LogP) is 3.74. The number of rotatable bonds is 2. The van der Waals surface area contributed by atoms with E-state index in [0.29, 0.717) is 11.8 Å². The summed E-state index contributed by atoms with van der Waals surface area (Å²) in [6.07, 6.45) is 3.62. The molecule has 1 aromatic rings. The molecular formula is C15H18F2O. The topological polar surface area (TPSA) is 20.2 Å². The molecular weight excluding hydrogens is 234 g/mol. The molecule has 98 valence electrons. The molecule has 2 aliphatic rings. The third-order valence-electron chi connectivity index (χ3n) is 4.82. The van der Waals surface area contributed by atoms with Crippen molar-refractivity contribution in [2.24, 2.45) is 17.8 Å². The van der Waals surface area contributed by atoms with Gasteiger partial charge in [0, 0.05) is 5.56 Å². The van der Waals surface area contributed by atoms with Gasteiger partial charge in [-0.05, 0) is 49.5 Å². The number of benzene rings is 1. The lowest BCUT2D eigenvalue weighted by atomic mass is 9.82. The minimum absolute atomic E-state index is 0.111. The second kappa shape index (κ2) is 4.30. The second-order valence-electron chi connectivity index (χ2n) is 5.88. The first-order valence-corrected chi connectivity index (χ1v) is 6.70. The van der Waals surface area contributed by atoms with Crippen LogP contribution in [0.15, 0.2) is 12.1 Å². The minimum Gasteiger partial charge on any atom is -0.388 e. The summed E-state index contributed by atoms with van der Waals surface area (Å²) in [5.74, 6) is -0.401. The van der Waals surface area contributed by atoms with Gasteiger partial charge >= 0.3 is 0 Å². The van der Waals surface area contributed by atoms with Crippen molar-refractivity contribution in [3.63, 3.8) is 0 Å². The minimum atomic E-state index is -0.870. The van der Waals surface area contributed by atoms with Gasteiger partial charge in [0.05, 0.1) is 6.10 Å². The summed E-state index contributed by atoms with van der Waals surface area (Å²) in [4.78, 5) is 0. The monoisotopic (exact) mass is 252 g/mol. The first kappa shape index (κ1) is 12.1. The third-order valence-corrected chi connectivity index (χ3v) is 4.82. The summed E-state index contributed by atoms with van der Waals surface area (Å²) < 4.78 is 27.4. The van der Waals surface area contributed by atoms with E-state index >= 15 is 0 Å². The largest absolute Gasteiger partial charge is 0.388 e. The van der Waals surface area contributed by atoms with Gasteiger partial charge in [0.1, 0.15) is 0 Å². The number of fused-ring (bicyclic) bond motifs is 2. The van der Waals surface area contributed by atoms with Gasteiger partial charge in [-0.3, -0.25) is 0 Å². The van der Waals surface area contributed by atoms with E-state index in [1.807, 2.05) is 0 Å². The lowest BCUT2D eigenvalue weighted by Gasteiger charge is -2.27. The van der Waals surface area contributed by atoms with Crippen molar-refractivity contribution >= 4 is 0 Å². The molecule has 3 heteroatoms. The third kappa shape index (κ3) is 1.76. The molecule has 4 unspecified atom stereocenters. The fourth-order valence-corrected chi connectivity index (χ4v) is 3.80. The lowest BCUT2D eigenvalue weighted by molar-refractivity contribution is 0.0708. The van der Waals surface area contributed by atoms with E-state index < -0.39 is 17.7 Å². The zero-order valence-electron chi connectivity index (χ0n) is 10.5. The maximum absolute atomic E-state index is 13.9. The van der Waals surface area contributed by atoms with Gasteiger partial charge in [0.25, 0.3) is 0 Å². The molecule has 0 spiro atoms. The van der Waals surface area contributed by atoms with Crippen LogP contribution in [0.4, 0.5) is 8.78 Å². The van der Waals surface area contributed by atoms with Crippen LogP contribution in [0.5, 0.6) is 0 Å². The second-order valence-corrected chi connectivity index (χ2v) is 5.88. The summed E-state index contributed by atoms with van der Waals surface area (Å²) in [6.45, 7) is 1.53. The van der Waals surface area contributed by atoms with Crippen LogP contribution in [0.25, 0.3) is 0 Å². The van der Waals surface area contributed by atoms with E-state index in [1.165, 1.54) is 19.4 Å². The molecule has 0 aromatic heterocycles. The number of aliphatic hydroxyl groups is 1. The van der Waals surface area contributed by atoms with Crippen LogP contribution in [-0.2, 0) is 0 Å². The van der Waals surface area contributed by atoms with Gasteiger partial charge in [-0.15, -0.1) is 0 Å². The molecule has 1 N–H and O–H groups in total. The Kier molecular flexibility index (Phi) is 2.89. The first-order chi connectivity index (χ1) is 8.58. The van der Waals surface area contributed by atoms with Crippen molar-refractivity contribution in [2.45, 2.75) is 38.7 Å². The first-order valence-electron chi connectivity index (χ1n) is 6.70. The van der Waals surface area contributed by atoms with Crippen LogP contribution >= 0.6 is 0 Å². The zero-order chi connectivity index (χ0) is 12.9. The zero-order valence-corrected chi connectivity index (χ0v) is 10.5. The SMILES string of the molecule is Cc1ccc(C(O)C2CC3CCC2C3)c(F)c1F. The number of aliphatic hydroxyl groups excluding tert-OH is 1. The van der Waals surface area contributed by atoms with Crippen molar-refractivity contribution in [1.82, 2.24) is 0 Å². The molecule has 1 aromatic carbocycles. The van der Waals surface area contributed by atoms with Crippen molar-refractivity contribution in [1.29, 1.82) is 0 Å². The Bertz CT molecular complexity index is 472. The van der Waals surface area contributed by atoms with E-state index in [9.17, 15) is 13.9 Å². The van der Waals surface area contributed by atoms with Gasteiger partial charge in [0.2, 0.25) is 0 Å². The van der Waals surface area contributed by atoms with E-state index in [4.69, 9.17) is 0 Å². The lowest BCUT2D eigenvalue weighted by Crippen LogP contribution is -2.20. The molecule has 2 bridgehead atoms. The highest BCUT2D eigenvalue weighted by atomic mass is 19.2. The summed E-state index contributed by atoms with van der Waals surface area (Å²) in [5, 5.41) is 10.3. The van der Waals surface area contributed by atoms with Crippen molar-refractivity contribution in [3.05, 3.63) is 34.9 Å². The molecule has 0 aliphatic heterocycles. The van der Waals surface area contributed by atoms with Gasteiger partial charge in [-0.2, -0.15) is 0 Å². The van der Waals surface area contributed by atoms with E-state index in [-0.39, 0.29) is 17.0 Å². The quantitative estimate of drug-likeness (QED) is 0.850.